The monoisotopic (exact) mass is 338 g/mol. The molecule has 1 atom stereocenters. The molecule has 2 aromatic rings. The van der Waals surface area contributed by atoms with Gasteiger partial charge in [-0.05, 0) is 41.0 Å². The van der Waals surface area contributed by atoms with Gasteiger partial charge in [-0.3, -0.25) is 4.90 Å². The van der Waals surface area contributed by atoms with Gasteiger partial charge >= 0.3 is 0 Å². The molecule has 0 aliphatic heterocycles. The third-order valence-corrected chi connectivity index (χ3v) is 4.62. The van der Waals surface area contributed by atoms with Crippen LogP contribution in [-0.2, 0) is 13.0 Å². The topological polar surface area (TPSA) is 29.3 Å². The molecular weight excluding hydrogens is 320 g/mol. The van der Waals surface area contributed by atoms with Crippen molar-refractivity contribution in [3.8, 4) is 0 Å². The molecule has 0 aliphatic carbocycles. The molecule has 19 heavy (non-hydrogen) atoms. The lowest BCUT2D eigenvalue weighted by atomic mass is 10.1. The molecule has 102 valence electrons. The van der Waals surface area contributed by atoms with Crippen molar-refractivity contribution in [3.63, 3.8) is 0 Å². The summed E-state index contributed by atoms with van der Waals surface area (Å²) in [5.74, 6) is 0. The molecule has 2 N–H and O–H groups in total. The molecule has 1 aromatic carbocycles. The van der Waals surface area contributed by atoms with Crippen LogP contribution in [0.15, 0.2) is 46.3 Å². The summed E-state index contributed by atoms with van der Waals surface area (Å²) in [4.78, 5) is 3.65. The highest BCUT2D eigenvalue weighted by atomic mass is 79.9. The van der Waals surface area contributed by atoms with Crippen molar-refractivity contribution in [3.05, 3.63) is 56.7 Å². The average Bonchev–Trinajstić information content (AvgIpc) is 2.75. The third-order valence-electron chi connectivity index (χ3n) is 2.93. The van der Waals surface area contributed by atoms with E-state index in [0.717, 1.165) is 24.0 Å². The number of hydrogen-bond acceptors (Lipinski definition) is 3. The van der Waals surface area contributed by atoms with E-state index >= 15 is 0 Å². The highest BCUT2D eigenvalue weighted by Crippen LogP contribution is 2.20. The van der Waals surface area contributed by atoms with Crippen molar-refractivity contribution in [2.24, 2.45) is 5.73 Å². The van der Waals surface area contributed by atoms with Gasteiger partial charge in [0.1, 0.15) is 0 Å². The Labute approximate surface area is 127 Å². The number of likely N-dealkylation sites (N-methyl/N-ethyl adjacent to an activating group) is 1. The predicted octanol–water partition coefficient (Wildman–Crippen LogP) is 3.51. The summed E-state index contributed by atoms with van der Waals surface area (Å²) in [5, 5.41) is 2.12. The van der Waals surface area contributed by atoms with Crippen LogP contribution in [0, 0.1) is 0 Å². The van der Waals surface area contributed by atoms with Crippen molar-refractivity contribution < 1.29 is 0 Å². The van der Waals surface area contributed by atoms with Crippen LogP contribution in [0.25, 0.3) is 0 Å². The summed E-state index contributed by atoms with van der Waals surface area (Å²) < 4.78 is 1.16. The zero-order valence-electron chi connectivity index (χ0n) is 11.1. The van der Waals surface area contributed by atoms with Crippen molar-refractivity contribution >= 4 is 27.3 Å². The van der Waals surface area contributed by atoms with Gasteiger partial charge in [0.2, 0.25) is 0 Å². The second-order valence-corrected chi connectivity index (χ2v) is 6.79. The lowest BCUT2D eigenvalue weighted by Crippen LogP contribution is -2.36. The van der Waals surface area contributed by atoms with Crippen molar-refractivity contribution in [2.75, 3.05) is 13.6 Å². The Morgan fingerprint density at radius 1 is 1.32 bits per heavy atom. The highest BCUT2D eigenvalue weighted by molar-refractivity contribution is 9.10. The van der Waals surface area contributed by atoms with Gasteiger partial charge in [-0.25, -0.2) is 0 Å². The second-order valence-electron chi connectivity index (χ2n) is 4.88. The largest absolute Gasteiger partial charge is 0.326 e. The molecule has 0 radical (unpaired) electrons. The predicted molar refractivity (Wildman–Crippen MR) is 86.5 cm³/mol. The molecule has 0 amide bonds. The van der Waals surface area contributed by atoms with Gasteiger partial charge in [0.05, 0.1) is 0 Å². The number of thiophene rings is 1. The number of rotatable bonds is 6. The summed E-state index contributed by atoms with van der Waals surface area (Å²) in [6.07, 6.45) is 0.930. The fourth-order valence-electron chi connectivity index (χ4n) is 2.15. The molecule has 0 bridgehead atoms. The zero-order valence-corrected chi connectivity index (χ0v) is 13.5. The van der Waals surface area contributed by atoms with Gasteiger partial charge in [-0.2, -0.15) is 0 Å². The van der Waals surface area contributed by atoms with E-state index in [1.807, 2.05) is 6.07 Å². The Morgan fingerprint density at radius 2 is 2.05 bits per heavy atom. The summed E-state index contributed by atoms with van der Waals surface area (Å²) in [5.41, 5.74) is 7.53. The van der Waals surface area contributed by atoms with Gasteiger partial charge in [0.15, 0.2) is 0 Å². The Bertz CT molecular complexity index is 498. The highest BCUT2D eigenvalue weighted by Gasteiger charge is 2.09. The summed E-state index contributed by atoms with van der Waals surface area (Å²) >= 11 is 5.26. The van der Waals surface area contributed by atoms with E-state index in [0.29, 0.717) is 0 Å². The average molecular weight is 339 g/mol. The van der Waals surface area contributed by atoms with E-state index < -0.39 is 0 Å². The first-order valence-electron chi connectivity index (χ1n) is 6.34. The molecule has 0 fully saturated rings. The van der Waals surface area contributed by atoms with Gasteiger partial charge < -0.3 is 5.73 Å². The van der Waals surface area contributed by atoms with E-state index in [9.17, 15) is 0 Å². The SMILES string of the molecule is CN(Cc1cc(Br)cs1)CC(N)Cc1ccccc1. The first kappa shape index (κ1) is 14.7. The fraction of sp³-hybridized carbons (Fsp3) is 0.333. The van der Waals surface area contributed by atoms with E-state index in [-0.39, 0.29) is 6.04 Å². The standard InChI is InChI=1S/C15H19BrN2S/c1-18(10-15-8-13(16)11-19-15)9-14(17)7-12-5-3-2-4-6-12/h2-6,8,11,14H,7,9-10,17H2,1H3. The van der Waals surface area contributed by atoms with Crippen LogP contribution in [0.2, 0.25) is 0 Å². The van der Waals surface area contributed by atoms with Gasteiger partial charge in [0.25, 0.3) is 0 Å². The quantitative estimate of drug-likeness (QED) is 0.873. The molecule has 0 saturated carbocycles. The van der Waals surface area contributed by atoms with Gasteiger partial charge in [-0.15, -0.1) is 11.3 Å². The summed E-state index contributed by atoms with van der Waals surface area (Å²) in [7, 11) is 2.12. The maximum Gasteiger partial charge on any atom is 0.0325 e. The summed E-state index contributed by atoms with van der Waals surface area (Å²) in [6, 6.07) is 12.8. The lowest BCUT2D eigenvalue weighted by molar-refractivity contribution is 0.305. The number of nitrogens with two attached hydrogens (primary N) is 1. The van der Waals surface area contributed by atoms with Crippen LogP contribution in [0.5, 0.6) is 0 Å². The molecule has 4 heteroatoms. The summed E-state index contributed by atoms with van der Waals surface area (Å²) in [6.45, 7) is 1.86. The number of benzene rings is 1. The number of halogens is 1. The van der Waals surface area contributed by atoms with Crippen LogP contribution in [0.4, 0.5) is 0 Å². The lowest BCUT2D eigenvalue weighted by Gasteiger charge is -2.20. The molecule has 2 rings (SSSR count). The van der Waals surface area contributed by atoms with Crippen LogP contribution >= 0.6 is 27.3 Å². The Morgan fingerprint density at radius 3 is 2.68 bits per heavy atom. The molecule has 1 heterocycles. The van der Waals surface area contributed by atoms with Crippen molar-refractivity contribution in [1.82, 2.24) is 4.90 Å². The molecular formula is C15H19BrN2S. The minimum atomic E-state index is 0.177. The zero-order chi connectivity index (χ0) is 13.7. The number of nitrogens with zero attached hydrogens (tertiary/aromatic N) is 1. The van der Waals surface area contributed by atoms with Gasteiger partial charge in [0, 0.05) is 33.9 Å². The maximum atomic E-state index is 6.22. The molecule has 2 nitrogen and oxygen atoms in total. The molecule has 1 unspecified atom stereocenters. The molecule has 0 aliphatic rings. The molecule has 1 aromatic heterocycles. The fourth-order valence-corrected chi connectivity index (χ4v) is 3.68. The van der Waals surface area contributed by atoms with Crippen LogP contribution < -0.4 is 5.73 Å². The van der Waals surface area contributed by atoms with Crippen LogP contribution in [0.3, 0.4) is 0 Å². The Kier molecular flexibility index (Phi) is 5.58. The smallest absolute Gasteiger partial charge is 0.0325 e. The van der Waals surface area contributed by atoms with E-state index in [2.05, 4.69) is 63.6 Å². The third kappa shape index (κ3) is 5.07. The Balaban J connectivity index is 1.80. The van der Waals surface area contributed by atoms with E-state index in [1.54, 1.807) is 11.3 Å². The van der Waals surface area contributed by atoms with E-state index in [1.165, 1.54) is 10.4 Å². The maximum absolute atomic E-state index is 6.22. The first-order chi connectivity index (χ1) is 9.13. The Hall–Kier alpha value is -0.680. The second kappa shape index (κ2) is 7.20. The molecule has 0 spiro atoms. The molecule has 0 saturated heterocycles. The van der Waals surface area contributed by atoms with Crippen LogP contribution in [0.1, 0.15) is 10.4 Å². The van der Waals surface area contributed by atoms with Crippen LogP contribution in [-0.4, -0.2) is 24.5 Å². The minimum absolute atomic E-state index is 0.177. The number of hydrogen-bond donors (Lipinski definition) is 1. The van der Waals surface area contributed by atoms with Crippen molar-refractivity contribution in [2.45, 2.75) is 19.0 Å². The van der Waals surface area contributed by atoms with Gasteiger partial charge in [-0.1, -0.05) is 30.3 Å². The first-order valence-corrected chi connectivity index (χ1v) is 8.01. The van der Waals surface area contributed by atoms with E-state index in [4.69, 9.17) is 5.73 Å². The normalized spacial score (nSPS) is 12.8. The van der Waals surface area contributed by atoms with Crippen molar-refractivity contribution in [1.29, 1.82) is 0 Å². The minimum Gasteiger partial charge on any atom is -0.326 e.